The number of unbranched alkanes of at least 4 members (excludes halogenated alkanes) is 1. The van der Waals surface area contributed by atoms with Crippen molar-refractivity contribution in [1.82, 2.24) is 4.90 Å². The second kappa shape index (κ2) is 6.50. The van der Waals surface area contributed by atoms with Crippen LogP contribution in [0.2, 0.25) is 0 Å². The molecule has 1 aromatic carbocycles. The molecule has 1 aliphatic rings. The van der Waals surface area contributed by atoms with Gasteiger partial charge in [-0.2, -0.15) is 0 Å². The molecule has 1 aliphatic heterocycles. The molecule has 1 aromatic rings. The number of amides is 1. The van der Waals surface area contributed by atoms with Gasteiger partial charge in [0.05, 0.1) is 6.04 Å². The fraction of sp³-hybridized carbons (Fsp3) is 0.533. The van der Waals surface area contributed by atoms with Crippen molar-refractivity contribution in [3.05, 3.63) is 24.3 Å². The number of carboxylic acid groups (broad SMARTS) is 1. The van der Waals surface area contributed by atoms with E-state index in [9.17, 15) is 9.90 Å². The van der Waals surface area contributed by atoms with Crippen molar-refractivity contribution in [2.75, 3.05) is 30.3 Å². The van der Waals surface area contributed by atoms with Gasteiger partial charge in [0, 0.05) is 31.0 Å². The van der Waals surface area contributed by atoms with Gasteiger partial charge in [-0.25, -0.2) is 4.79 Å². The van der Waals surface area contributed by atoms with Gasteiger partial charge in [0.1, 0.15) is 0 Å². The zero-order chi connectivity index (χ0) is 14.5. The lowest BCUT2D eigenvalue weighted by molar-refractivity contribution is 0.114. The van der Waals surface area contributed by atoms with Gasteiger partial charge in [-0.15, -0.1) is 0 Å². The molecule has 5 nitrogen and oxygen atoms in total. The van der Waals surface area contributed by atoms with Crippen LogP contribution in [-0.2, 0) is 0 Å². The molecule has 1 atom stereocenters. The largest absolute Gasteiger partial charge is 0.465 e. The standard InChI is InChI=1S/C15H23N3O2/c1-2-3-6-14-11-17(8-9-18(14)15(19)20)13-7-4-5-12(16)10-13/h4-5,7,10,14H,2-3,6,8-9,11,16H2,1H3,(H,19,20). The van der Waals surface area contributed by atoms with Gasteiger partial charge in [-0.3, -0.25) is 0 Å². The van der Waals surface area contributed by atoms with Gasteiger partial charge in [0.2, 0.25) is 0 Å². The van der Waals surface area contributed by atoms with E-state index in [4.69, 9.17) is 5.73 Å². The van der Waals surface area contributed by atoms with Crippen molar-refractivity contribution >= 4 is 17.5 Å². The first-order valence-electron chi connectivity index (χ1n) is 7.22. The molecule has 5 heteroatoms. The molecule has 0 saturated carbocycles. The lowest BCUT2D eigenvalue weighted by Crippen LogP contribution is -2.55. The summed E-state index contributed by atoms with van der Waals surface area (Å²) in [6.07, 6.45) is 2.25. The Kier molecular flexibility index (Phi) is 4.71. The highest BCUT2D eigenvalue weighted by atomic mass is 16.4. The Hall–Kier alpha value is -1.91. The van der Waals surface area contributed by atoms with E-state index in [1.54, 1.807) is 4.90 Å². The van der Waals surface area contributed by atoms with Crippen LogP contribution in [0.25, 0.3) is 0 Å². The molecule has 1 heterocycles. The van der Waals surface area contributed by atoms with Crippen LogP contribution in [0.1, 0.15) is 26.2 Å². The molecule has 0 bridgehead atoms. The molecule has 1 fully saturated rings. The molecule has 2 rings (SSSR count). The average molecular weight is 277 g/mol. The molecule has 1 amide bonds. The maximum absolute atomic E-state index is 11.3. The van der Waals surface area contributed by atoms with Crippen molar-refractivity contribution in [2.45, 2.75) is 32.2 Å². The molecule has 0 radical (unpaired) electrons. The second-order valence-corrected chi connectivity index (χ2v) is 5.31. The van der Waals surface area contributed by atoms with E-state index in [-0.39, 0.29) is 6.04 Å². The second-order valence-electron chi connectivity index (χ2n) is 5.31. The summed E-state index contributed by atoms with van der Waals surface area (Å²) >= 11 is 0. The third-order valence-electron chi connectivity index (χ3n) is 3.85. The van der Waals surface area contributed by atoms with Crippen molar-refractivity contribution < 1.29 is 9.90 Å². The SMILES string of the molecule is CCCCC1CN(c2cccc(N)c2)CCN1C(=O)O. The molecule has 1 unspecified atom stereocenters. The fourth-order valence-corrected chi connectivity index (χ4v) is 2.75. The van der Waals surface area contributed by atoms with E-state index >= 15 is 0 Å². The zero-order valence-corrected chi connectivity index (χ0v) is 12.0. The number of hydrogen-bond acceptors (Lipinski definition) is 3. The van der Waals surface area contributed by atoms with Crippen LogP contribution in [0.15, 0.2) is 24.3 Å². The van der Waals surface area contributed by atoms with Gasteiger partial charge in [-0.1, -0.05) is 25.8 Å². The van der Waals surface area contributed by atoms with Crippen molar-refractivity contribution in [3.63, 3.8) is 0 Å². The summed E-state index contributed by atoms with van der Waals surface area (Å²) in [7, 11) is 0. The van der Waals surface area contributed by atoms with Crippen molar-refractivity contribution in [3.8, 4) is 0 Å². The number of nitrogen functional groups attached to an aromatic ring is 1. The third-order valence-corrected chi connectivity index (χ3v) is 3.85. The number of nitrogens with two attached hydrogens (primary N) is 1. The van der Waals surface area contributed by atoms with Crippen LogP contribution >= 0.6 is 0 Å². The number of rotatable bonds is 4. The molecule has 1 saturated heterocycles. The van der Waals surface area contributed by atoms with Crippen molar-refractivity contribution in [1.29, 1.82) is 0 Å². The molecule has 0 aromatic heterocycles. The van der Waals surface area contributed by atoms with E-state index in [0.717, 1.165) is 43.7 Å². The fourth-order valence-electron chi connectivity index (χ4n) is 2.75. The van der Waals surface area contributed by atoms with Gasteiger partial charge in [0.15, 0.2) is 0 Å². The van der Waals surface area contributed by atoms with E-state index in [2.05, 4.69) is 11.8 Å². The molecular weight excluding hydrogens is 254 g/mol. The van der Waals surface area contributed by atoms with E-state index < -0.39 is 6.09 Å². The predicted molar refractivity (Wildman–Crippen MR) is 81.1 cm³/mol. The number of benzene rings is 1. The van der Waals surface area contributed by atoms with E-state index in [1.807, 2.05) is 24.3 Å². The summed E-state index contributed by atoms with van der Waals surface area (Å²) < 4.78 is 0. The monoisotopic (exact) mass is 277 g/mol. The summed E-state index contributed by atoms with van der Waals surface area (Å²) in [5, 5.41) is 9.30. The number of nitrogens with zero attached hydrogens (tertiary/aromatic N) is 2. The summed E-state index contributed by atoms with van der Waals surface area (Å²) in [6, 6.07) is 7.86. The topological polar surface area (TPSA) is 69.8 Å². The van der Waals surface area contributed by atoms with Crippen LogP contribution in [0.5, 0.6) is 0 Å². The molecular formula is C15H23N3O2. The smallest absolute Gasteiger partial charge is 0.407 e. The molecule has 110 valence electrons. The van der Waals surface area contributed by atoms with Crippen molar-refractivity contribution in [2.24, 2.45) is 0 Å². The van der Waals surface area contributed by atoms with Crippen LogP contribution < -0.4 is 10.6 Å². The number of anilines is 2. The van der Waals surface area contributed by atoms with Gasteiger partial charge in [0.25, 0.3) is 0 Å². The minimum Gasteiger partial charge on any atom is -0.465 e. The Morgan fingerprint density at radius 1 is 1.45 bits per heavy atom. The van der Waals surface area contributed by atoms with Gasteiger partial charge in [-0.05, 0) is 24.6 Å². The summed E-state index contributed by atoms with van der Waals surface area (Å²) in [6.45, 7) is 4.15. The highest BCUT2D eigenvalue weighted by Crippen LogP contribution is 2.23. The maximum atomic E-state index is 11.3. The first kappa shape index (κ1) is 14.5. The Balaban J connectivity index is 2.09. The van der Waals surface area contributed by atoms with Crippen LogP contribution in [0, 0.1) is 0 Å². The number of hydrogen-bond donors (Lipinski definition) is 2. The lowest BCUT2D eigenvalue weighted by atomic mass is 10.0. The highest BCUT2D eigenvalue weighted by Gasteiger charge is 2.29. The summed E-state index contributed by atoms with van der Waals surface area (Å²) in [5.74, 6) is 0. The van der Waals surface area contributed by atoms with E-state index in [1.165, 1.54) is 0 Å². The minimum atomic E-state index is -0.807. The van der Waals surface area contributed by atoms with Gasteiger partial charge < -0.3 is 20.6 Å². The normalized spacial score (nSPS) is 19.1. The highest BCUT2D eigenvalue weighted by molar-refractivity contribution is 5.66. The Bertz CT molecular complexity index is 464. The minimum absolute atomic E-state index is 0.0719. The predicted octanol–water partition coefficient (Wildman–Crippen LogP) is 2.63. The number of carbonyl (C=O) groups is 1. The summed E-state index contributed by atoms with van der Waals surface area (Å²) in [4.78, 5) is 15.1. The Morgan fingerprint density at radius 3 is 2.90 bits per heavy atom. The molecule has 3 N–H and O–H groups in total. The number of piperazine rings is 1. The van der Waals surface area contributed by atoms with Crippen LogP contribution in [0.4, 0.5) is 16.2 Å². The van der Waals surface area contributed by atoms with Gasteiger partial charge >= 0.3 is 6.09 Å². The molecule has 0 spiro atoms. The molecule has 20 heavy (non-hydrogen) atoms. The third kappa shape index (κ3) is 3.35. The lowest BCUT2D eigenvalue weighted by Gasteiger charge is -2.41. The quantitative estimate of drug-likeness (QED) is 0.830. The Morgan fingerprint density at radius 2 is 2.25 bits per heavy atom. The summed E-state index contributed by atoms with van der Waals surface area (Å²) in [5.41, 5.74) is 7.65. The molecule has 0 aliphatic carbocycles. The maximum Gasteiger partial charge on any atom is 0.407 e. The first-order chi connectivity index (χ1) is 9.61. The average Bonchev–Trinajstić information content (AvgIpc) is 2.44. The van der Waals surface area contributed by atoms with E-state index in [0.29, 0.717) is 6.54 Å². The zero-order valence-electron chi connectivity index (χ0n) is 12.0. The first-order valence-corrected chi connectivity index (χ1v) is 7.22. The Labute approximate surface area is 120 Å². The van der Waals surface area contributed by atoms with Crippen LogP contribution in [0.3, 0.4) is 0 Å². The van der Waals surface area contributed by atoms with Crippen LogP contribution in [-0.4, -0.2) is 41.8 Å².